The molecule has 0 saturated carbocycles. The van der Waals surface area contributed by atoms with Crippen molar-refractivity contribution in [2.45, 2.75) is 12.3 Å². The maximum absolute atomic E-state index is 13.7. The van der Waals surface area contributed by atoms with Crippen molar-refractivity contribution < 1.29 is 38.0 Å². The molecule has 3 aromatic carbocycles. The molecular weight excluding hydrogens is 542 g/mol. The van der Waals surface area contributed by atoms with E-state index in [9.17, 15) is 14.4 Å². The van der Waals surface area contributed by atoms with Gasteiger partial charge in [0.2, 0.25) is 5.78 Å². The molecule has 4 aromatic rings. The van der Waals surface area contributed by atoms with Crippen molar-refractivity contribution in [3.63, 3.8) is 0 Å². The zero-order valence-corrected chi connectivity index (χ0v) is 23.6. The molecule has 3 heterocycles. The third kappa shape index (κ3) is 4.23. The van der Waals surface area contributed by atoms with Gasteiger partial charge >= 0.3 is 5.97 Å². The number of nitrogens with zero attached hydrogens (tertiary/aromatic N) is 1. The predicted octanol–water partition coefficient (Wildman–Crippen LogP) is 4.63. The molecule has 10 heteroatoms. The smallest absolute Gasteiger partial charge is 0.312 e. The Morgan fingerprint density at radius 1 is 0.833 bits per heavy atom. The summed E-state index contributed by atoms with van der Waals surface area (Å²) in [5.41, 5.74) is 2.07. The lowest BCUT2D eigenvalue weighted by atomic mass is 9.84. The molecule has 2 aliphatic heterocycles. The summed E-state index contributed by atoms with van der Waals surface area (Å²) >= 11 is 0. The summed E-state index contributed by atoms with van der Waals surface area (Å²) in [6, 6.07) is 13.7. The fourth-order valence-corrected chi connectivity index (χ4v) is 5.52. The summed E-state index contributed by atoms with van der Waals surface area (Å²) in [5, 5.41) is 0.791. The van der Waals surface area contributed by atoms with E-state index in [1.807, 2.05) is 6.07 Å². The molecule has 0 saturated heterocycles. The number of hydrogen-bond donors (Lipinski definition) is 0. The van der Waals surface area contributed by atoms with Crippen LogP contribution in [0.4, 0.5) is 0 Å². The molecular formula is C32H27NO9. The van der Waals surface area contributed by atoms with E-state index in [0.717, 1.165) is 5.39 Å². The summed E-state index contributed by atoms with van der Waals surface area (Å²) in [7, 11) is 7.76. The van der Waals surface area contributed by atoms with Crippen LogP contribution in [0.1, 0.15) is 39.4 Å². The minimum absolute atomic E-state index is 0.0399. The van der Waals surface area contributed by atoms with Crippen molar-refractivity contribution >= 4 is 28.7 Å². The Kier molecular flexibility index (Phi) is 6.61. The van der Waals surface area contributed by atoms with E-state index in [0.29, 0.717) is 50.8 Å². The van der Waals surface area contributed by atoms with Crippen LogP contribution in [0.25, 0.3) is 17.0 Å². The quantitative estimate of drug-likeness (QED) is 0.186. The number of esters is 1. The summed E-state index contributed by atoms with van der Waals surface area (Å²) in [6.45, 7) is 0. The van der Waals surface area contributed by atoms with Crippen LogP contribution in [-0.4, -0.2) is 44.8 Å². The van der Waals surface area contributed by atoms with Crippen LogP contribution in [0, 0.1) is 0 Å². The highest BCUT2D eigenvalue weighted by Crippen LogP contribution is 2.49. The molecule has 0 fully saturated rings. The lowest BCUT2D eigenvalue weighted by Gasteiger charge is -2.26. The number of aromatic nitrogens is 1. The molecule has 6 rings (SSSR count). The topological polar surface area (TPSA) is 112 Å². The van der Waals surface area contributed by atoms with Crippen LogP contribution in [0.15, 0.2) is 59.1 Å². The van der Waals surface area contributed by atoms with Gasteiger partial charge in [0.25, 0.3) is 5.56 Å². The number of methoxy groups -OCH3 is 4. The van der Waals surface area contributed by atoms with E-state index in [1.54, 1.807) is 62.7 Å². The van der Waals surface area contributed by atoms with Crippen LogP contribution in [-0.2, 0) is 11.8 Å². The van der Waals surface area contributed by atoms with Gasteiger partial charge in [-0.25, -0.2) is 0 Å². The SMILES string of the molecule is COc1ccc2cc([C@@H]3CC(=O)Oc4ccc5c(c43)O/C(=C\c3cc(OC)c(OC)cc3OC)C5=O)c(=O)n(C)c2c1. The number of benzene rings is 3. The van der Waals surface area contributed by atoms with Crippen molar-refractivity contribution in [1.29, 1.82) is 0 Å². The Morgan fingerprint density at radius 2 is 1.57 bits per heavy atom. The highest BCUT2D eigenvalue weighted by Gasteiger charge is 2.39. The normalized spacial score (nSPS) is 16.5. The fourth-order valence-electron chi connectivity index (χ4n) is 5.52. The third-order valence-electron chi connectivity index (χ3n) is 7.64. The Balaban J connectivity index is 1.49. The Labute approximate surface area is 240 Å². The summed E-state index contributed by atoms with van der Waals surface area (Å²) in [5.74, 6) is 0.946. The molecule has 0 unspecified atom stereocenters. The highest BCUT2D eigenvalue weighted by atomic mass is 16.5. The van der Waals surface area contributed by atoms with Crippen LogP contribution < -0.4 is 34.0 Å². The summed E-state index contributed by atoms with van der Waals surface area (Å²) < 4.78 is 34.9. The molecule has 0 bridgehead atoms. The Morgan fingerprint density at radius 3 is 2.29 bits per heavy atom. The van der Waals surface area contributed by atoms with Gasteiger partial charge in [-0.15, -0.1) is 0 Å². The number of Topliss-reactive ketones (excluding diaryl/α,β-unsaturated/α-hetero) is 1. The number of allylic oxidation sites excluding steroid dienone is 1. The van der Waals surface area contributed by atoms with Crippen molar-refractivity contribution in [2.75, 3.05) is 28.4 Å². The molecule has 0 spiro atoms. The second-order valence-electron chi connectivity index (χ2n) is 9.86. The summed E-state index contributed by atoms with van der Waals surface area (Å²) in [6.07, 6.45) is 1.46. The lowest BCUT2D eigenvalue weighted by molar-refractivity contribution is -0.135. The number of aryl methyl sites for hydroxylation is 1. The zero-order valence-electron chi connectivity index (χ0n) is 23.6. The van der Waals surface area contributed by atoms with Crippen LogP contribution in [0.3, 0.4) is 0 Å². The van der Waals surface area contributed by atoms with Crippen LogP contribution >= 0.6 is 0 Å². The minimum Gasteiger partial charge on any atom is -0.497 e. The van der Waals surface area contributed by atoms with E-state index >= 15 is 0 Å². The average molecular weight is 570 g/mol. The van der Waals surface area contributed by atoms with E-state index in [4.69, 9.17) is 28.4 Å². The van der Waals surface area contributed by atoms with Crippen molar-refractivity contribution in [2.24, 2.45) is 7.05 Å². The largest absolute Gasteiger partial charge is 0.497 e. The molecule has 42 heavy (non-hydrogen) atoms. The number of carbonyl (C=O) groups excluding carboxylic acids is 2. The monoisotopic (exact) mass is 569 g/mol. The standard InChI is InChI=1S/C32H27NO9/c1-33-22-13-18(37-2)7-6-16(22)10-21(32(33)36)20-14-28(34)41-23-9-8-19-30(35)27(42-31(19)29(20)23)12-17-11-25(39-4)26(40-5)15-24(17)38-3/h6-13,15,20H,14H2,1-5H3/b27-12-/t20-/m0/s1. The van der Waals surface area contributed by atoms with Gasteiger partial charge in [0, 0.05) is 41.8 Å². The maximum atomic E-state index is 13.7. The molecule has 2 aliphatic rings. The second-order valence-corrected chi connectivity index (χ2v) is 9.86. The Bertz CT molecular complexity index is 1890. The first kappa shape index (κ1) is 26.9. The molecule has 0 aliphatic carbocycles. The second kappa shape index (κ2) is 10.3. The number of ketones is 1. The number of ether oxygens (including phenoxy) is 6. The van der Waals surface area contributed by atoms with E-state index in [1.165, 1.54) is 25.9 Å². The average Bonchev–Trinajstić information content (AvgIpc) is 3.32. The van der Waals surface area contributed by atoms with E-state index in [2.05, 4.69) is 0 Å². The number of rotatable bonds is 6. The molecule has 0 radical (unpaired) electrons. The predicted molar refractivity (Wildman–Crippen MR) is 153 cm³/mol. The highest BCUT2D eigenvalue weighted by molar-refractivity contribution is 6.15. The van der Waals surface area contributed by atoms with Crippen molar-refractivity contribution in [1.82, 2.24) is 4.57 Å². The number of pyridine rings is 1. The van der Waals surface area contributed by atoms with Gasteiger partial charge in [-0.3, -0.25) is 14.4 Å². The van der Waals surface area contributed by atoms with Crippen molar-refractivity contribution in [3.8, 4) is 34.5 Å². The number of carbonyl (C=O) groups is 2. The Hall–Kier alpha value is -5.25. The number of fused-ring (bicyclic) bond motifs is 4. The first-order valence-electron chi connectivity index (χ1n) is 13.1. The summed E-state index contributed by atoms with van der Waals surface area (Å²) in [4.78, 5) is 39.9. The van der Waals surface area contributed by atoms with Gasteiger partial charge in [-0.05, 0) is 47.9 Å². The van der Waals surface area contributed by atoms with E-state index < -0.39 is 11.9 Å². The molecule has 0 N–H and O–H groups in total. The number of hydrogen-bond acceptors (Lipinski definition) is 9. The van der Waals surface area contributed by atoms with Gasteiger partial charge in [0.05, 0.1) is 45.9 Å². The first-order chi connectivity index (χ1) is 20.3. The first-order valence-corrected chi connectivity index (χ1v) is 13.1. The van der Waals surface area contributed by atoms with Crippen LogP contribution in [0.5, 0.6) is 34.5 Å². The maximum Gasteiger partial charge on any atom is 0.312 e. The molecule has 1 atom stereocenters. The van der Waals surface area contributed by atoms with Gasteiger partial charge in [-0.2, -0.15) is 0 Å². The van der Waals surface area contributed by atoms with E-state index in [-0.39, 0.29) is 35.0 Å². The molecule has 0 amide bonds. The molecule has 214 valence electrons. The zero-order chi connectivity index (χ0) is 29.7. The lowest BCUT2D eigenvalue weighted by Crippen LogP contribution is -2.29. The van der Waals surface area contributed by atoms with Gasteiger partial charge in [0.1, 0.15) is 23.0 Å². The minimum atomic E-state index is -0.704. The van der Waals surface area contributed by atoms with Crippen LogP contribution in [0.2, 0.25) is 0 Å². The molecule has 10 nitrogen and oxygen atoms in total. The molecule has 1 aromatic heterocycles. The fraction of sp³-hybridized carbons (Fsp3) is 0.219. The van der Waals surface area contributed by atoms with Crippen molar-refractivity contribution in [3.05, 3.63) is 86.9 Å². The third-order valence-corrected chi connectivity index (χ3v) is 7.64. The van der Waals surface area contributed by atoms with Gasteiger partial charge in [-0.1, -0.05) is 0 Å². The van der Waals surface area contributed by atoms with Gasteiger partial charge < -0.3 is 33.0 Å². The van der Waals surface area contributed by atoms with Gasteiger partial charge in [0.15, 0.2) is 17.3 Å².